The summed E-state index contributed by atoms with van der Waals surface area (Å²) in [6, 6.07) is 7.81. The molecule has 0 amide bonds. The summed E-state index contributed by atoms with van der Waals surface area (Å²) in [4.78, 5) is 30.6. The van der Waals surface area contributed by atoms with Gasteiger partial charge in [-0.25, -0.2) is 9.78 Å². The molecule has 160 valence electrons. The van der Waals surface area contributed by atoms with E-state index >= 15 is 0 Å². The van der Waals surface area contributed by atoms with Gasteiger partial charge < -0.3 is 14.4 Å². The van der Waals surface area contributed by atoms with Crippen molar-refractivity contribution >= 4 is 32.8 Å². The fraction of sp³-hybridized carbons (Fsp3) is 0.375. The number of carbonyl (C=O) groups is 1. The molecular weight excluding hydrogens is 460 g/mol. The lowest BCUT2D eigenvalue weighted by atomic mass is 9.86. The largest absolute Gasteiger partial charge is 0.458 e. The van der Waals surface area contributed by atoms with E-state index in [4.69, 9.17) is 9.72 Å². The van der Waals surface area contributed by atoms with Gasteiger partial charge in [-0.15, -0.1) is 0 Å². The Hall–Kier alpha value is -2.51. The summed E-state index contributed by atoms with van der Waals surface area (Å²) in [5.41, 5.74) is 3.21. The second-order valence-electron chi connectivity index (χ2n) is 8.29. The molecule has 0 fully saturated rings. The highest BCUT2D eigenvalue weighted by Crippen LogP contribution is 2.40. The predicted molar refractivity (Wildman–Crippen MR) is 121 cm³/mol. The van der Waals surface area contributed by atoms with Crippen molar-refractivity contribution in [2.24, 2.45) is 0 Å². The van der Waals surface area contributed by atoms with Crippen molar-refractivity contribution < 1.29 is 14.6 Å². The normalized spacial score (nSPS) is 19.2. The van der Waals surface area contributed by atoms with Crippen molar-refractivity contribution in [3.05, 3.63) is 61.3 Å². The lowest BCUT2D eigenvalue weighted by Crippen LogP contribution is -2.44. The molecule has 0 saturated heterocycles. The number of hydrogen-bond donors (Lipinski definition) is 1. The predicted octanol–water partition coefficient (Wildman–Crippen LogP) is 4.18. The first-order valence-corrected chi connectivity index (χ1v) is 11.5. The van der Waals surface area contributed by atoms with Crippen LogP contribution in [-0.4, -0.2) is 20.6 Å². The molecule has 1 aromatic carbocycles. The van der Waals surface area contributed by atoms with E-state index in [2.05, 4.69) is 28.9 Å². The number of aromatic nitrogens is 2. The van der Waals surface area contributed by atoms with Gasteiger partial charge in [-0.3, -0.25) is 4.79 Å². The zero-order valence-electron chi connectivity index (χ0n) is 17.5. The maximum Gasteiger partial charge on any atom is 0.343 e. The number of fused-ring (bicyclic) bond motifs is 5. The maximum atomic E-state index is 13.4. The van der Waals surface area contributed by atoms with Crippen LogP contribution in [0.3, 0.4) is 0 Å². The fourth-order valence-electron chi connectivity index (χ4n) is 4.77. The van der Waals surface area contributed by atoms with Crippen LogP contribution >= 0.6 is 15.9 Å². The van der Waals surface area contributed by atoms with Gasteiger partial charge in [0, 0.05) is 21.0 Å². The number of benzene rings is 1. The summed E-state index contributed by atoms with van der Waals surface area (Å²) in [6.45, 7) is 4.19. The van der Waals surface area contributed by atoms with E-state index < -0.39 is 11.6 Å². The molecule has 2 aliphatic heterocycles. The van der Waals surface area contributed by atoms with E-state index in [1.54, 1.807) is 17.6 Å². The number of hydrogen-bond acceptors (Lipinski definition) is 5. The van der Waals surface area contributed by atoms with Gasteiger partial charge in [0.25, 0.3) is 5.56 Å². The second-order valence-corrected chi connectivity index (χ2v) is 9.20. The Labute approximate surface area is 188 Å². The minimum absolute atomic E-state index is 0.114. The zero-order chi connectivity index (χ0) is 21.9. The van der Waals surface area contributed by atoms with Gasteiger partial charge in [-0.1, -0.05) is 36.2 Å². The topological polar surface area (TPSA) is 81.4 Å². The van der Waals surface area contributed by atoms with Gasteiger partial charge in [0.1, 0.15) is 6.61 Å². The standard InChI is InChI=1S/C24H23BrN2O4/c1-3-5-6-14-15-9-13(25)7-8-19(15)26-21-16(14)11-27-20(21)10-18-17(22(27)28)12-31-23(29)24(18,30)4-2/h7-10,30H,3-6,11-12H2,1-2H3/t24-/m0/s1. The van der Waals surface area contributed by atoms with Gasteiger partial charge in [0.15, 0.2) is 5.60 Å². The average Bonchev–Trinajstić information content (AvgIpc) is 3.13. The van der Waals surface area contributed by atoms with Crippen molar-refractivity contribution in [3.63, 3.8) is 0 Å². The molecule has 0 bridgehead atoms. The third-order valence-electron chi connectivity index (χ3n) is 6.55. The minimum Gasteiger partial charge on any atom is -0.458 e. The Morgan fingerprint density at radius 3 is 2.77 bits per heavy atom. The van der Waals surface area contributed by atoms with Gasteiger partial charge >= 0.3 is 5.97 Å². The van der Waals surface area contributed by atoms with Gasteiger partial charge in [-0.05, 0) is 49.1 Å². The highest BCUT2D eigenvalue weighted by Gasteiger charge is 2.45. The molecule has 1 N–H and O–H groups in total. The number of cyclic esters (lactones) is 1. The summed E-state index contributed by atoms with van der Waals surface area (Å²) in [5.74, 6) is -0.704. The average molecular weight is 483 g/mol. The zero-order valence-corrected chi connectivity index (χ0v) is 19.1. The van der Waals surface area contributed by atoms with E-state index in [9.17, 15) is 14.7 Å². The van der Waals surface area contributed by atoms with Crippen molar-refractivity contribution in [1.82, 2.24) is 9.55 Å². The smallest absolute Gasteiger partial charge is 0.343 e. The summed E-state index contributed by atoms with van der Waals surface area (Å²) >= 11 is 3.57. The molecule has 31 heavy (non-hydrogen) atoms. The monoisotopic (exact) mass is 482 g/mol. The number of halogens is 1. The van der Waals surface area contributed by atoms with Crippen LogP contribution in [0.5, 0.6) is 0 Å². The third kappa shape index (κ3) is 2.90. The molecule has 3 aromatic rings. The number of ether oxygens (including phenoxy) is 1. The molecule has 5 rings (SSSR count). The number of aliphatic hydroxyl groups is 1. The SMILES string of the molecule is CCCCc1c2c(nc3ccc(Br)cc13)-c1cc3c(c(=O)n1C2)COC(=O)[C@]3(O)CC. The van der Waals surface area contributed by atoms with Crippen LogP contribution in [0.15, 0.2) is 33.5 Å². The van der Waals surface area contributed by atoms with Crippen LogP contribution in [-0.2, 0) is 34.7 Å². The Balaban J connectivity index is 1.80. The number of aryl methyl sites for hydroxylation is 1. The van der Waals surface area contributed by atoms with E-state index in [1.165, 1.54) is 5.56 Å². The number of nitrogens with zero attached hydrogens (tertiary/aromatic N) is 2. The number of esters is 1. The summed E-state index contributed by atoms with van der Waals surface area (Å²) < 4.78 is 7.85. The second kappa shape index (κ2) is 7.28. The molecule has 0 spiro atoms. The van der Waals surface area contributed by atoms with E-state index in [0.717, 1.165) is 45.9 Å². The summed E-state index contributed by atoms with van der Waals surface area (Å²) in [5, 5.41) is 12.1. The van der Waals surface area contributed by atoms with Crippen LogP contribution in [0.4, 0.5) is 0 Å². The molecule has 0 unspecified atom stereocenters. The van der Waals surface area contributed by atoms with Crippen molar-refractivity contribution in [2.45, 2.75) is 58.3 Å². The van der Waals surface area contributed by atoms with Crippen molar-refractivity contribution in [1.29, 1.82) is 0 Å². The Kier molecular flexibility index (Phi) is 4.79. The molecule has 2 aliphatic rings. The molecule has 4 heterocycles. The van der Waals surface area contributed by atoms with E-state index in [1.807, 2.05) is 12.1 Å². The molecule has 0 radical (unpaired) electrons. The third-order valence-corrected chi connectivity index (χ3v) is 7.04. The van der Waals surface area contributed by atoms with Crippen LogP contribution in [0.2, 0.25) is 0 Å². The molecule has 7 heteroatoms. The van der Waals surface area contributed by atoms with Crippen molar-refractivity contribution in [3.8, 4) is 11.4 Å². The molecule has 0 saturated carbocycles. The van der Waals surface area contributed by atoms with Crippen LogP contribution in [0, 0.1) is 0 Å². The molecule has 1 atom stereocenters. The Bertz CT molecular complexity index is 1310. The number of carbonyl (C=O) groups excluding carboxylic acids is 1. The fourth-order valence-corrected chi connectivity index (χ4v) is 5.13. The van der Waals surface area contributed by atoms with Gasteiger partial charge in [0.05, 0.1) is 29.0 Å². The van der Waals surface area contributed by atoms with Crippen LogP contribution < -0.4 is 5.56 Å². The number of pyridine rings is 2. The van der Waals surface area contributed by atoms with E-state index in [-0.39, 0.29) is 18.6 Å². The lowest BCUT2D eigenvalue weighted by Gasteiger charge is -2.31. The highest BCUT2D eigenvalue weighted by atomic mass is 79.9. The minimum atomic E-state index is -1.81. The van der Waals surface area contributed by atoms with Crippen LogP contribution in [0.25, 0.3) is 22.3 Å². The first-order valence-electron chi connectivity index (χ1n) is 10.7. The summed E-state index contributed by atoms with van der Waals surface area (Å²) in [7, 11) is 0. The first-order chi connectivity index (χ1) is 14.9. The Morgan fingerprint density at radius 1 is 1.23 bits per heavy atom. The number of unbranched alkanes of at least 4 members (excludes halogenated alkanes) is 1. The van der Waals surface area contributed by atoms with Crippen LogP contribution in [0.1, 0.15) is 55.4 Å². The maximum absolute atomic E-state index is 13.4. The quantitative estimate of drug-likeness (QED) is 0.441. The van der Waals surface area contributed by atoms with E-state index in [0.29, 0.717) is 23.4 Å². The van der Waals surface area contributed by atoms with Gasteiger partial charge in [0.2, 0.25) is 0 Å². The molecule has 0 aliphatic carbocycles. The molecular formula is C24H23BrN2O4. The van der Waals surface area contributed by atoms with Crippen molar-refractivity contribution in [2.75, 3.05) is 0 Å². The highest BCUT2D eigenvalue weighted by molar-refractivity contribution is 9.10. The van der Waals surface area contributed by atoms with Gasteiger partial charge in [-0.2, -0.15) is 0 Å². The lowest BCUT2D eigenvalue weighted by molar-refractivity contribution is -0.172. The first kappa shape index (κ1) is 20.4. The summed E-state index contributed by atoms with van der Waals surface area (Å²) in [6.07, 6.45) is 3.14. The number of rotatable bonds is 4. The Morgan fingerprint density at radius 2 is 2.03 bits per heavy atom. The molecule has 2 aromatic heterocycles. The molecule has 6 nitrogen and oxygen atoms in total.